The lowest BCUT2D eigenvalue weighted by Crippen LogP contribution is -2.57. The number of benzene rings is 4. The molecular formula is C54H62O. The highest BCUT2D eigenvalue weighted by Gasteiger charge is 2.59. The predicted octanol–water partition coefficient (Wildman–Crippen LogP) is 15.1. The van der Waals surface area contributed by atoms with Crippen LogP contribution in [-0.2, 0) is 0 Å². The molecule has 284 valence electrons. The van der Waals surface area contributed by atoms with Gasteiger partial charge in [-0.3, -0.25) is 0 Å². The summed E-state index contributed by atoms with van der Waals surface area (Å²) in [6.07, 6.45) is 26.2. The molecule has 13 atom stereocenters. The van der Waals surface area contributed by atoms with Crippen molar-refractivity contribution in [1.29, 1.82) is 0 Å². The minimum Gasteiger partial charge on any atom is -0.455 e. The second-order valence-corrected chi connectivity index (χ2v) is 20.3. The lowest BCUT2D eigenvalue weighted by Gasteiger charge is -2.65. The Hall–Kier alpha value is -3.32. The minimum atomic E-state index is 0.691. The van der Waals surface area contributed by atoms with E-state index in [-0.39, 0.29) is 0 Å². The van der Waals surface area contributed by atoms with E-state index < -0.39 is 0 Å². The van der Waals surface area contributed by atoms with E-state index >= 15 is 0 Å². The number of rotatable bonds is 3. The average molecular weight is 727 g/mol. The van der Waals surface area contributed by atoms with Crippen molar-refractivity contribution in [3.63, 3.8) is 0 Å². The molecule has 7 fully saturated rings. The largest absolute Gasteiger partial charge is 0.455 e. The molecule has 0 amide bonds. The van der Waals surface area contributed by atoms with Crippen LogP contribution in [-0.4, -0.2) is 0 Å². The van der Waals surface area contributed by atoms with Gasteiger partial charge in [0.25, 0.3) is 0 Å². The summed E-state index contributed by atoms with van der Waals surface area (Å²) >= 11 is 0. The Bertz CT molecular complexity index is 2170. The first kappa shape index (κ1) is 33.8. The van der Waals surface area contributed by atoms with E-state index in [2.05, 4.69) is 91.0 Å². The van der Waals surface area contributed by atoms with E-state index in [1.165, 1.54) is 97.2 Å². The SMILES string of the molecule is c1ccc(-c2cccc3c2oc2c(-c4cccc(C5CCC6C(C5)C5CCCCC5C5CC7C8CCCCC8C8CCCCC8C7CC65)c4)cccc23)cc1. The van der Waals surface area contributed by atoms with Gasteiger partial charge < -0.3 is 4.42 Å². The molecule has 5 aromatic rings. The van der Waals surface area contributed by atoms with E-state index in [0.717, 1.165) is 82.2 Å². The summed E-state index contributed by atoms with van der Waals surface area (Å²) in [5, 5.41) is 2.44. The Morgan fingerprint density at radius 1 is 0.345 bits per heavy atom. The molecule has 0 aliphatic heterocycles. The van der Waals surface area contributed by atoms with Crippen LogP contribution in [0.15, 0.2) is 95.4 Å². The predicted molar refractivity (Wildman–Crippen MR) is 228 cm³/mol. The molecule has 13 unspecified atom stereocenters. The van der Waals surface area contributed by atoms with Gasteiger partial charge in [-0.15, -0.1) is 0 Å². The summed E-state index contributed by atoms with van der Waals surface area (Å²) in [6.45, 7) is 0. The van der Waals surface area contributed by atoms with Crippen LogP contribution in [0.5, 0.6) is 0 Å². The van der Waals surface area contributed by atoms with Crippen molar-refractivity contribution in [1.82, 2.24) is 0 Å². The van der Waals surface area contributed by atoms with Crippen molar-refractivity contribution in [2.45, 2.75) is 115 Å². The van der Waals surface area contributed by atoms with Gasteiger partial charge >= 0.3 is 0 Å². The summed E-state index contributed by atoms with van der Waals surface area (Å²) in [5.74, 6) is 13.3. The highest BCUT2D eigenvalue weighted by molar-refractivity contribution is 6.13. The molecule has 0 bridgehead atoms. The van der Waals surface area contributed by atoms with Crippen molar-refractivity contribution < 1.29 is 4.42 Å². The molecule has 12 rings (SSSR count). The minimum absolute atomic E-state index is 0.691. The maximum absolute atomic E-state index is 6.89. The standard InChI is InChI=1S/C54H62O/c1-2-13-33(14-3-1)37-23-11-25-46-47-26-12-24-38(54(47)55-53(37)46)36-16-10-15-34(29-36)35-27-28-45-48(30-35)43-21-8-9-22-44(43)51-31-49-41-19-6-4-17-39(41)40-18-5-7-20-42(40)50(49)32-52(45)51/h1-3,10-16,23-26,29,35,39-45,48-52H,4-9,17-22,27-28,30-32H2. The molecule has 7 aliphatic carbocycles. The van der Waals surface area contributed by atoms with Crippen LogP contribution < -0.4 is 0 Å². The first-order valence-corrected chi connectivity index (χ1v) is 23.4. The summed E-state index contributed by atoms with van der Waals surface area (Å²) in [5.41, 5.74) is 8.57. The second kappa shape index (κ2) is 13.7. The van der Waals surface area contributed by atoms with Crippen LogP contribution in [0, 0.1) is 71.0 Å². The summed E-state index contributed by atoms with van der Waals surface area (Å²) in [4.78, 5) is 0. The molecule has 0 spiro atoms. The molecular weight excluding hydrogens is 665 g/mol. The maximum atomic E-state index is 6.89. The van der Waals surface area contributed by atoms with Crippen LogP contribution in [0.2, 0.25) is 0 Å². The summed E-state index contributed by atoms with van der Waals surface area (Å²) < 4.78 is 6.89. The Labute approximate surface area is 330 Å². The van der Waals surface area contributed by atoms with Crippen molar-refractivity contribution in [3.8, 4) is 22.3 Å². The summed E-state index contributed by atoms with van der Waals surface area (Å²) in [7, 11) is 0. The van der Waals surface area contributed by atoms with Gasteiger partial charge in [0, 0.05) is 21.9 Å². The Morgan fingerprint density at radius 2 is 0.782 bits per heavy atom. The lowest BCUT2D eigenvalue weighted by atomic mass is 9.40. The van der Waals surface area contributed by atoms with Crippen LogP contribution in [0.1, 0.15) is 121 Å². The number of hydrogen-bond acceptors (Lipinski definition) is 1. The van der Waals surface area contributed by atoms with Crippen molar-refractivity contribution >= 4 is 21.9 Å². The molecule has 0 saturated heterocycles. The van der Waals surface area contributed by atoms with Gasteiger partial charge in [-0.1, -0.05) is 130 Å². The highest BCUT2D eigenvalue weighted by Crippen LogP contribution is 2.67. The fraction of sp³-hybridized carbons (Fsp3) is 0.556. The molecule has 1 nitrogen and oxygen atoms in total. The van der Waals surface area contributed by atoms with Crippen LogP contribution >= 0.6 is 0 Å². The zero-order chi connectivity index (χ0) is 36.0. The fourth-order valence-corrected chi connectivity index (χ4v) is 16.5. The van der Waals surface area contributed by atoms with E-state index in [0.29, 0.717) is 5.92 Å². The van der Waals surface area contributed by atoms with Gasteiger partial charge in [-0.05, 0) is 164 Å². The fourth-order valence-electron chi connectivity index (χ4n) is 16.5. The van der Waals surface area contributed by atoms with Gasteiger partial charge in [0.2, 0.25) is 0 Å². The molecule has 7 saturated carbocycles. The third kappa shape index (κ3) is 5.43. The average Bonchev–Trinajstić information content (AvgIpc) is 3.66. The molecule has 0 radical (unpaired) electrons. The third-order valence-electron chi connectivity index (χ3n) is 18.3. The molecule has 0 N–H and O–H groups in total. The molecule has 55 heavy (non-hydrogen) atoms. The van der Waals surface area contributed by atoms with Gasteiger partial charge in [0.05, 0.1) is 0 Å². The van der Waals surface area contributed by atoms with Gasteiger partial charge in [0.15, 0.2) is 0 Å². The zero-order valence-electron chi connectivity index (χ0n) is 33.1. The van der Waals surface area contributed by atoms with Crippen LogP contribution in [0.25, 0.3) is 44.2 Å². The van der Waals surface area contributed by atoms with E-state index in [9.17, 15) is 0 Å². The molecule has 1 heteroatoms. The van der Waals surface area contributed by atoms with Gasteiger partial charge in [-0.2, -0.15) is 0 Å². The topological polar surface area (TPSA) is 13.1 Å². The number of fused-ring (bicyclic) bond motifs is 15. The smallest absolute Gasteiger partial charge is 0.143 e. The van der Waals surface area contributed by atoms with Crippen molar-refractivity contribution in [3.05, 3.63) is 96.6 Å². The second-order valence-electron chi connectivity index (χ2n) is 20.3. The lowest BCUT2D eigenvalue weighted by molar-refractivity contribution is -0.155. The molecule has 4 aromatic carbocycles. The molecule has 1 aromatic heterocycles. The maximum Gasteiger partial charge on any atom is 0.143 e. The van der Waals surface area contributed by atoms with Gasteiger partial charge in [-0.25, -0.2) is 0 Å². The summed E-state index contributed by atoms with van der Waals surface area (Å²) in [6, 6.07) is 33.9. The number of para-hydroxylation sites is 2. The van der Waals surface area contributed by atoms with E-state index in [1.54, 1.807) is 50.5 Å². The molecule has 7 aliphatic rings. The Morgan fingerprint density at radius 3 is 1.33 bits per heavy atom. The number of furan rings is 1. The van der Waals surface area contributed by atoms with Crippen LogP contribution in [0.4, 0.5) is 0 Å². The molecule has 1 heterocycles. The van der Waals surface area contributed by atoms with Gasteiger partial charge in [0.1, 0.15) is 11.2 Å². The highest BCUT2D eigenvalue weighted by atomic mass is 16.3. The zero-order valence-corrected chi connectivity index (χ0v) is 33.1. The normalized spacial score (nSPS) is 38.2. The number of hydrogen-bond donors (Lipinski definition) is 0. The van der Waals surface area contributed by atoms with E-state index in [1.807, 2.05) is 0 Å². The first-order valence-electron chi connectivity index (χ1n) is 23.4. The Kier molecular flexibility index (Phi) is 8.39. The first-order chi connectivity index (χ1) is 27.3. The van der Waals surface area contributed by atoms with E-state index in [4.69, 9.17) is 4.42 Å². The third-order valence-corrected chi connectivity index (χ3v) is 18.3. The van der Waals surface area contributed by atoms with Crippen LogP contribution in [0.3, 0.4) is 0 Å². The quantitative estimate of drug-likeness (QED) is 0.180. The van der Waals surface area contributed by atoms with Crippen molar-refractivity contribution in [2.24, 2.45) is 71.0 Å². The monoisotopic (exact) mass is 726 g/mol. The van der Waals surface area contributed by atoms with Crippen molar-refractivity contribution in [2.75, 3.05) is 0 Å². The Balaban J connectivity index is 0.853.